The maximum absolute atomic E-state index is 13.1. The van der Waals surface area contributed by atoms with Crippen molar-refractivity contribution < 1.29 is 13.2 Å². The molecule has 0 fully saturated rings. The average Bonchev–Trinajstić information content (AvgIpc) is 2.61. The Morgan fingerprint density at radius 1 is 0.577 bits per heavy atom. The molecule has 7 heteroatoms. The molecule has 0 saturated carbocycles. The molecule has 0 saturated heterocycles. The van der Waals surface area contributed by atoms with Gasteiger partial charge in [-0.2, -0.15) is 13.2 Å². The van der Waals surface area contributed by atoms with E-state index in [4.69, 9.17) is 48.9 Å². The van der Waals surface area contributed by atoms with Crippen LogP contribution in [-0.4, -0.2) is 0 Å². The molecule has 0 atom stereocenters. The number of hydrogen-bond donors (Lipinski definition) is 0. The Balaban J connectivity index is 2.42. The third kappa shape index (κ3) is 2.45. The predicted molar refractivity (Wildman–Crippen MR) is 107 cm³/mol. The van der Waals surface area contributed by atoms with Crippen molar-refractivity contribution in [3.63, 3.8) is 0 Å². The van der Waals surface area contributed by atoms with E-state index in [1.165, 1.54) is 6.07 Å². The number of hydrogen-bond acceptors (Lipinski definition) is 4. The fraction of sp³-hybridized carbons (Fsp3) is 0.0526. The van der Waals surface area contributed by atoms with Crippen LogP contribution >= 0.6 is 48.9 Å². The molecule has 0 radical (unpaired) electrons. The molecule has 0 aromatic heterocycles. The topological polar surface area (TPSA) is 0 Å². The summed E-state index contributed by atoms with van der Waals surface area (Å²) in [7, 11) is 0. The molecule has 4 rings (SSSR count). The molecule has 0 heterocycles. The summed E-state index contributed by atoms with van der Waals surface area (Å²) in [6, 6.07) is 10.8. The molecule has 128 valence electrons. The van der Waals surface area contributed by atoms with E-state index in [1.807, 2.05) is 24.3 Å². The third-order valence-corrected chi connectivity index (χ3v) is 6.11. The third-order valence-electron chi connectivity index (χ3n) is 4.41. The summed E-state index contributed by atoms with van der Waals surface area (Å²) in [4.78, 5) is 0. The lowest BCUT2D eigenvalue weighted by atomic mass is 10.0. The molecule has 26 heavy (non-hydrogen) atoms. The van der Waals surface area contributed by atoms with Gasteiger partial charge in [-0.15, -0.1) is 0 Å². The second-order valence-electron chi connectivity index (χ2n) is 5.87. The maximum atomic E-state index is 13.1. The van der Waals surface area contributed by atoms with Crippen molar-refractivity contribution in [2.75, 3.05) is 0 Å². The molecule has 2 aliphatic carbocycles. The van der Waals surface area contributed by atoms with Crippen LogP contribution < -0.4 is 0 Å². The highest BCUT2D eigenvalue weighted by atomic mass is 32.1. The van der Waals surface area contributed by atoms with Crippen LogP contribution in [0.2, 0.25) is 0 Å². The molecule has 0 nitrogen and oxygen atoms in total. The zero-order valence-electron chi connectivity index (χ0n) is 12.8. The zero-order chi connectivity index (χ0) is 18.8. The van der Waals surface area contributed by atoms with Crippen molar-refractivity contribution in [2.24, 2.45) is 0 Å². The van der Waals surface area contributed by atoms with E-state index in [9.17, 15) is 13.2 Å². The maximum Gasteiger partial charge on any atom is 0.416 e. The van der Waals surface area contributed by atoms with Gasteiger partial charge in [-0.25, -0.2) is 0 Å². The number of alkyl halides is 3. The first-order valence-corrected chi connectivity index (χ1v) is 9.08. The number of rotatable bonds is 0. The minimum atomic E-state index is -4.46. The lowest BCUT2D eigenvalue weighted by Gasteiger charge is -2.09. The van der Waals surface area contributed by atoms with Gasteiger partial charge in [0.1, 0.15) is 0 Å². The number of fused-ring (bicyclic) bond motifs is 2. The van der Waals surface area contributed by atoms with Crippen LogP contribution in [0.3, 0.4) is 0 Å². The van der Waals surface area contributed by atoms with Gasteiger partial charge in [-0.05, 0) is 12.1 Å². The average molecular weight is 421 g/mol. The van der Waals surface area contributed by atoms with E-state index in [0.717, 1.165) is 22.9 Å². The van der Waals surface area contributed by atoms with Crippen molar-refractivity contribution in [1.82, 2.24) is 0 Å². The van der Waals surface area contributed by atoms with Crippen molar-refractivity contribution in [1.29, 1.82) is 0 Å². The summed E-state index contributed by atoms with van der Waals surface area (Å²) in [5.41, 5.74) is -0.768. The Kier molecular flexibility index (Phi) is 4.04. The van der Waals surface area contributed by atoms with Gasteiger partial charge in [0.15, 0.2) is 0 Å². The van der Waals surface area contributed by atoms with E-state index in [2.05, 4.69) is 0 Å². The minimum absolute atomic E-state index is 0.261. The van der Waals surface area contributed by atoms with Crippen LogP contribution in [0.15, 0.2) is 42.5 Å². The molecule has 2 aliphatic rings. The highest BCUT2D eigenvalue weighted by Crippen LogP contribution is 2.33. The molecule has 0 spiro atoms. The smallest absolute Gasteiger partial charge is 0.166 e. The van der Waals surface area contributed by atoms with Gasteiger partial charge in [0.05, 0.1) is 23.6 Å². The van der Waals surface area contributed by atoms with Crippen LogP contribution in [0.4, 0.5) is 13.2 Å². The monoisotopic (exact) mass is 420 g/mol. The van der Waals surface area contributed by atoms with Gasteiger partial charge >= 0.3 is 6.18 Å². The molecule has 2 aromatic carbocycles. The lowest BCUT2D eigenvalue weighted by molar-refractivity contribution is -0.137. The second-order valence-corrected chi connectivity index (χ2v) is 7.50. The van der Waals surface area contributed by atoms with E-state index in [-0.39, 0.29) is 9.90 Å². The van der Waals surface area contributed by atoms with Gasteiger partial charge < -0.3 is 0 Å². The normalized spacial score (nSPS) is 12.3. The minimum Gasteiger partial charge on any atom is -0.166 e. The van der Waals surface area contributed by atoms with Gasteiger partial charge in [0.25, 0.3) is 0 Å². The Morgan fingerprint density at radius 3 is 1.46 bits per heavy atom. The first-order chi connectivity index (χ1) is 12.2. The molecule has 0 N–H and O–H groups in total. The van der Waals surface area contributed by atoms with Gasteiger partial charge in [-0.3, -0.25) is 0 Å². The summed E-state index contributed by atoms with van der Waals surface area (Å²) in [6.07, 6.45) is -4.46. The summed E-state index contributed by atoms with van der Waals surface area (Å²) in [5, 5.41) is 3.40. The molecule has 0 aliphatic heterocycles. The van der Waals surface area contributed by atoms with Crippen LogP contribution in [0.25, 0.3) is 21.5 Å². The van der Waals surface area contributed by atoms with Gasteiger partial charge in [0.2, 0.25) is 0 Å². The second kappa shape index (κ2) is 5.92. The number of benzene rings is 2. The summed E-state index contributed by atoms with van der Waals surface area (Å²) >= 11 is 22.3. The molecule has 0 bridgehead atoms. The van der Waals surface area contributed by atoms with Gasteiger partial charge in [-0.1, -0.05) is 79.2 Å². The van der Waals surface area contributed by atoms with Crippen molar-refractivity contribution >= 4 is 70.4 Å². The van der Waals surface area contributed by atoms with E-state index in [0.29, 0.717) is 29.4 Å². The number of halogens is 3. The first kappa shape index (κ1) is 17.7. The van der Waals surface area contributed by atoms with Crippen LogP contribution in [0.1, 0.15) is 5.56 Å². The zero-order valence-corrected chi connectivity index (χ0v) is 16.1. The largest absolute Gasteiger partial charge is 0.416 e. The van der Waals surface area contributed by atoms with Crippen LogP contribution in [-0.2, 0) is 6.18 Å². The van der Waals surface area contributed by atoms with E-state index in [1.54, 1.807) is 0 Å². The van der Waals surface area contributed by atoms with Crippen molar-refractivity contribution in [3.05, 3.63) is 76.5 Å². The molecule has 2 aromatic rings. The first-order valence-electron chi connectivity index (χ1n) is 7.45. The predicted octanol–water partition coefficient (Wildman–Crippen LogP) is 7.53. The fourth-order valence-electron chi connectivity index (χ4n) is 3.18. The standard InChI is InChI=1S/C19H7F3S4/c20-19(21,22)8-5-6-11-12(7-8)18(26)14-13(17(11)25)15(23)9-3-1-2-4-10(9)16(14)24/h1-7H. The molecule has 0 unspecified atom stereocenters. The highest BCUT2D eigenvalue weighted by molar-refractivity contribution is 7.73. The fourth-order valence-corrected chi connectivity index (χ4v) is 4.83. The van der Waals surface area contributed by atoms with E-state index >= 15 is 0 Å². The summed E-state index contributed by atoms with van der Waals surface area (Å²) in [6.45, 7) is 0. The van der Waals surface area contributed by atoms with E-state index < -0.39 is 11.7 Å². The SMILES string of the molecule is FC(F)(F)c1ccc2c(=S)c3c(=S)c4ccccc4c(=S)c=3c(=S)c2c1. The molecular weight excluding hydrogens is 413 g/mol. The molecule has 0 amide bonds. The highest BCUT2D eigenvalue weighted by Gasteiger charge is 2.30. The Hall–Kier alpha value is -1.67. The Bertz CT molecular complexity index is 1490. The summed E-state index contributed by atoms with van der Waals surface area (Å²) < 4.78 is 41.0. The Labute approximate surface area is 165 Å². The quantitative estimate of drug-likeness (QED) is 0.270. The molecular formula is C19H7F3S4. The van der Waals surface area contributed by atoms with Crippen molar-refractivity contribution in [2.45, 2.75) is 6.18 Å². The van der Waals surface area contributed by atoms with Gasteiger partial charge in [0, 0.05) is 32.0 Å². The van der Waals surface area contributed by atoms with Crippen LogP contribution in [0, 0.1) is 28.5 Å². The van der Waals surface area contributed by atoms with Crippen LogP contribution in [0.5, 0.6) is 0 Å². The summed E-state index contributed by atoms with van der Waals surface area (Å²) in [5.74, 6) is 0. The van der Waals surface area contributed by atoms with Crippen molar-refractivity contribution in [3.8, 4) is 0 Å². The lowest BCUT2D eigenvalue weighted by Crippen LogP contribution is -2.04. The Morgan fingerprint density at radius 2 is 1.00 bits per heavy atom.